The minimum atomic E-state index is -1.18. The average molecular weight is 814 g/mol. The van der Waals surface area contributed by atoms with Gasteiger partial charge in [-0.1, -0.05) is 72.8 Å². The molecule has 0 aliphatic carbocycles. The summed E-state index contributed by atoms with van der Waals surface area (Å²) in [4.78, 5) is 71.6. The van der Waals surface area contributed by atoms with Gasteiger partial charge in [0.2, 0.25) is 5.91 Å². The molecule has 8 aromatic rings. The van der Waals surface area contributed by atoms with E-state index >= 15 is 0 Å². The highest BCUT2D eigenvalue weighted by atomic mass is 16.6. The van der Waals surface area contributed by atoms with Gasteiger partial charge in [-0.2, -0.15) is 0 Å². The maximum absolute atomic E-state index is 13.3. The first kappa shape index (κ1) is 39.3. The Morgan fingerprint density at radius 3 is 1.36 bits per heavy atom. The van der Waals surface area contributed by atoms with Crippen LogP contribution in [0.2, 0.25) is 0 Å². The van der Waals surface area contributed by atoms with Crippen LogP contribution in [0.25, 0.3) is 43.6 Å². The molecule has 0 aliphatic heterocycles. The summed E-state index contributed by atoms with van der Waals surface area (Å²) in [5.41, 5.74) is 9.22. The molecule has 6 aromatic carbocycles. The van der Waals surface area contributed by atoms with Crippen molar-refractivity contribution in [1.29, 1.82) is 0 Å². The third kappa shape index (κ3) is 8.13. The second-order valence-electron chi connectivity index (χ2n) is 14.1. The van der Waals surface area contributed by atoms with Crippen LogP contribution < -0.4 is 27.0 Å². The lowest BCUT2D eigenvalue weighted by Gasteiger charge is -2.17. The van der Waals surface area contributed by atoms with Gasteiger partial charge in [0.05, 0.1) is 43.3 Å². The zero-order valence-corrected chi connectivity index (χ0v) is 32.1. The van der Waals surface area contributed by atoms with Crippen LogP contribution in [-0.4, -0.2) is 50.1 Å². The Balaban J connectivity index is 0.923. The average Bonchev–Trinajstić information content (AvgIpc) is 3.27. The molecule has 0 bridgehead atoms. The second-order valence-corrected chi connectivity index (χ2v) is 14.1. The number of rotatable bonds is 14. The normalized spacial score (nSPS) is 11.6. The molecule has 0 aliphatic rings. The summed E-state index contributed by atoms with van der Waals surface area (Å²) >= 11 is 0. The summed E-state index contributed by atoms with van der Waals surface area (Å²) in [6, 6.07) is 36.5. The molecule has 61 heavy (non-hydrogen) atoms. The van der Waals surface area contributed by atoms with Gasteiger partial charge in [0, 0.05) is 51.3 Å². The molecule has 1 unspecified atom stereocenters. The van der Waals surface area contributed by atoms with Crippen molar-refractivity contribution in [2.75, 3.05) is 17.2 Å². The molecule has 0 saturated heterocycles. The number of nitrogens with two attached hydrogens (primary N) is 1. The number of nitro benzene ring substituents is 2. The first-order valence-corrected chi connectivity index (χ1v) is 19.1. The lowest BCUT2D eigenvalue weighted by molar-refractivity contribution is -0.384. The van der Waals surface area contributed by atoms with Gasteiger partial charge in [-0.15, -0.1) is 0 Å². The number of anilines is 4. The molecule has 0 spiro atoms. The van der Waals surface area contributed by atoms with Crippen molar-refractivity contribution in [3.63, 3.8) is 0 Å². The zero-order valence-electron chi connectivity index (χ0n) is 32.1. The number of benzene rings is 6. The molecular formula is C45H35N9O7. The number of hydrogen-bond donors (Lipinski definition) is 5. The summed E-state index contributed by atoms with van der Waals surface area (Å²) in [6.07, 6.45) is 0.197. The first-order valence-electron chi connectivity index (χ1n) is 19.1. The van der Waals surface area contributed by atoms with Gasteiger partial charge in [0.1, 0.15) is 17.4 Å². The number of nitrogens with one attached hydrogen (secondary N) is 4. The minimum absolute atomic E-state index is 0.0160. The van der Waals surface area contributed by atoms with Gasteiger partial charge >= 0.3 is 0 Å². The molecule has 0 saturated carbocycles. The third-order valence-electron chi connectivity index (χ3n) is 10.2. The Bertz CT molecular complexity index is 2980. The van der Waals surface area contributed by atoms with E-state index in [-0.39, 0.29) is 53.3 Å². The van der Waals surface area contributed by atoms with E-state index in [1.807, 2.05) is 97.1 Å². The standard InChI is InChI=1S/C45H35N9O7/c46-43(55)38(52-45(57)27-20-22-37(40(25-27)54(60)61)51-42-30-12-3-7-16-34(30)49-35-17-8-4-13-31(35)42)18-9-23-47-44(56)26-19-21-36(39(24-26)53(58)59)50-41-28-10-1-5-14-32(28)48-33-15-6-2-11-29(33)41/h1-8,10-17,19-22,24-25,38H,9,18,23H2,(H2,46,55)(H,47,56)(H,48,50)(H,49,51)(H,52,57). The van der Waals surface area contributed by atoms with Crippen LogP contribution >= 0.6 is 0 Å². The van der Waals surface area contributed by atoms with Crippen molar-refractivity contribution in [1.82, 2.24) is 20.6 Å². The highest BCUT2D eigenvalue weighted by Gasteiger charge is 2.24. The zero-order chi connectivity index (χ0) is 42.6. The van der Waals surface area contributed by atoms with Crippen molar-refractivity contribution >= 4 is 95.5 Å². The highest BCUT2D eigenvalue weighted by molar-refractivity contribution is 6.10. The maximum Gasteiger partial charge on any atom is 0.293 e. The molecule has 2 aromatic heterocycles. The van der Waals surface area contributed by atoms with E-state index in [0.717, 1.165) is 27.6 Å². The number of hydrogen-bond acceptors (Lipinski definition) is 11. The summed E-state index contributed by atoms with van der Waals surface area (Å²) in [5, 5.41) is 39.2. The molecule has 0 radical (unpaired) electrons. The van der Waals surface area contributed by atoms with Crippen LogP contribution in [0, 0.1) is 20.2 Å². The number of para-hydroxylation sites is 4. The maximum atomic E-state index is 13.3. The quantitative estimate of drug-likeness (QED) is 0.0304. The number of aromatic nitrogens is 2. The number of carbonyl (C=O) groups is 3. The Morgan fingerprint density at radius 2 is 0.967 bits per heavy atom. The van der Waals surface area contributed by atoms with Crippen molar-refractivity contribution in [2.24, 2.45) is 5.73 Å². The lowest BCUT2D eigenvalue weighted by Crippen LogP contribution is -2.44. The molecule has 0 fully saturated rings. The van der Waals surface area contributed by atoms with Gasteiger partial charge in [0.25, 0.3) is 23.2 Å². The van der Waals surface area contributed by atoms with Crippen LogP contribution in [0.1, 0.15) is 33.6 Å². The fourth-order valence-corrected chi connectivity index (χ4v) is 7.22. The fraction of sp³-hybridized carbons (Fsp3) is 0.0889. The number of nitrogens with zero attached hydrogens (tertiary/aromatic N) is 4. The fourth-order valence-electron chi connectivity index (χ4n) is 7.22. The highest BCUT2D eigenvalue weighted by Crippen LogP contribution is 2.38. The van der Waals surface area contributed by atoms with Crippen molar-refractivity contribution < 1.29 is 24.2 Å². The number of nitro groups is 2. The molecule has 16 nitrogen and oxygen atoms in total. The number of amides is 3. The van der Waals surface area contributed by atoms with Gasteiger partial charge in [-0.25, -0.2) is 9.97 Å². The van der Waals surface area contributed by atoms with E-state index in [1.165, 1.54) is 30.3 Å². The molecule has 1 atom stereocenters. The largest absolute Gasteiger partial charge is 0.368 e. The summed E-state index contributed by atoms with van der Waals surface area (Å²) in [5.74, 6) is -2.21. The van der Waals surface area contributed by atoms with Crippen LogP contribution in [-0.2, 0) is 4.79 Å². The third-order valence-corrected chi connectivity index (χ3v) is 10.2. The van der Waals surface area contributed by atoms with Crippen molar-refractivity contribution in [3.05, 3.63) is 165 Å². The first-order chi connectivity index (χ1) is 29.5. The van der Waals surface area contributed by atoms with E-state index in [4.69, 9.17) is 15.7 Å². The summed E-state index contributed by atoms with van der Waals surface area (Å²) in [6.45, 7) is 0.0332. The lowest BCUT2D eigenvalue weighted by atomic mass is 10.1. The monoisotopic (exact) mass is 813 g/mol. The molecule has 2 heterocycles. The Hall–Kier alpha value is -8.53. The van der Waals surface area contributed by atoms with Gasteiger partial charge < -0.3 is 27.0 Å². The predicted molar refractivity (Wildman–Crippen MR) is 233 cm³/mol. The minimum Gasteiger partial charge on any atom is -0.368 e. The van der Waals surface area contributed by atoms with Gasteiger partial charge in [-0.3, -0.25) is 34.6 Å². The smallest absolute Gasteiger partial charge is 0.293 e. The van der Waals surface area contributed by atoms with Gasteiger partial charge in [0.15, 0.2) is 0 Å². The van der Waals surface area contributed by atoms with E-state index in [2.05, 4.69) is 21.3 Å². The van der Waals surface area contributed by atoms with Crippen LogP contribution in [0.3, 0.4) is 0 Å². The SMILES string of the molecule is NC(=O)C(CCCNC(=O)c1ccc(Nc2c3ccccc3nc3ccccc23)c([N+](=O)[O-])c1)NC(=O)c1ccc(Nc2c3ccccc3nc3ccccc23)c([N+](=O)[O-])c1. The number of carbonyl (C=O) groups excluding carboxylic acids is 3. The summed E-state index contributed by atoms with van der Waals surface area (Å²) < 4.78 is 0. The van der Waals surface area contributed by atoms with Gasteiger partial charge in [-0.05, 0) is 61.4 Å². The summed E-state index contributed by atoms with van der Waals surface area (Å²) in [7, 11) is 0. The Labute approximate surface area is 346 Å². The van der Waals surface area contributed by atoms with Crippen molar-refractivity contribution in [2.45, 2.75) is 18.9 Å². The molecule has 8 rings (SSSR count). The molecular weight excluding hydrogens is 779 g/mol. The second kappa shape index (κ2) is 16.8. The molecule has 3 amide bonds. The van der Waals surface area contributed by atoms with E-state index in [9.17, 15) is 34.6 Å². The molecule has 302 valence electrons. The molecule has 16 heteroatoms. The van der Waals surface area contributed by atoms with Crippen molar-refractivity contribution in [3.8, 4) is 0 Å². The molecule has 6 N–H and O–H groups in total. The topological polar surface area (TPSA) is 237 Å². The Kier molecular flexibility index (Phi) is 10.8. The number of pyridine rings is 2. The van der Waals surface area contributed by atoms with E-state index in [1.54, 1.807) is 0 Å². The van der Waals surface area contributed by atoms with Crippen LogP contribution in [0.4, 0.5) is 34.1 Å². The number of primary amides is 1. The predicted octanol–water partition coefficient (Wildman–Crippen LogP) is 8.19. The Morgan fingerprint density at radius 1 is 0.574 bits per heavy atom. The van der Waals surface area contributed by atoms with E-state index < -0.39 is 33.6 Å². The number of fused-ring (bicyclic) bond motifs is 4. The van der Waals surface area contributed by atoms with Crippen LogP contribution in [0.5, 0.6) is 0 Å². The van der Waals surface area contributed by atoms with Crippen LogP contribution in [0.15, 0.2) is 133 Å². The van der Waals surface area contributed by atoms with E-state index in [0.29, 0.717) is 33.4 Å².